The highest BCUT2D eigenvalue weighted by molar-refractivity contribution is 5.79. The Bertz CT molecular complexity index is 864. The summed E-state index contributed by atoms with van der Waals surface area (Å²) in [6, 6.07) is 13.2. The predicted octanol–water partition coefficient (Wildman–Crippen LogP) is 2.37. The molecule has 0 aliphatic carbocycles. The van der Waals surface area contributed by atoms with E-state index in [2.05, 4.69) is 16.4 Å². The third-order valence-corrected chi connectivity index (χ3v) is 3.41. The van der Waals surface area contributed by atoms with E-state index >= 15 is 0 Å². The average Bonchev–Trinajstić information content (AvgIpc) is 2.95. The first kappa shape index (κ1) is 13.9. The molecule has 3 rings (SSSR count). The van der Waals surface area contributed by atoms with E-state index in [9.17, 15) is 0 Å². The maximum atomic E-state index is 8.97. The van der Waals surface area contributed by atoms with Crippen LogP contribution in [-0.2, 0) is 6.54 Å². The molecule has 0 fully saturated rings. The van der Waals surface area contributed by atoms with E-state index in [4.69, 9.17) is 14.7 Å². The molecule has 0 atom stereocenters. The van der Waals surface area contributed by atoms with E-state index < -0.39 is 0 Å². The number of rotatable bonds is 4. The SMILES string of the molecule is COc1cc2nnn(Cc3cccc(C#N)c3)c2cc1OC. The van der Waals surface area contributed by atoms with Gasteiger partial charge in [0.2, 0.25) is 0 Å². The molecule has 0 spiro atoms. The summed E-state index contributed by atoms with van der Waals surface area (Å²) < 4.78 is 12.4. The van der Waals surface area contributed by atoms with Gasteiger partial charge in [-0.15, -0.1) is 5.10 Å². The minimum Gasteiger partial charge on any atom is -0.493 e. The molecule has 110 valence electrons. The molecule has 0 N–H and O–H groups in total. The molecule has 0 radical (unpaired) electrons. The standard InChI is InChI=1S/C16H14N4O2/c1-21-15-7-13-14(8-16(15)22-2)20(19-18-13)10-12-5-3-4-11(6-12)9-17/h3-8H,10H2,1-2H3. The molecule has 6 nitrogen and oxygen atoms in total. The van der Waals surface area contributed by atoms with Crippen LogP contribution in [0.5, 0.6) is 11.5 Å². The van der Waals surface area contributed by atoms with Gasteiger partial charge >= 0.3 is 0 Å². The predicted molar refractivity (Wildman–Crippen MR) is 80.9 cm³/mol. The fraction of sp³-hybridized carbons (Fsp3) is 0.188. The van der Waals surface area contributed by atoms with Gasteiger partial charge in [-0.2, -0.15) is 5.26 Å². The maximum Gasteiger partial charge on any atom is 0.163 e. The van der Waals surface area contributed by atoms with Crippen LogP contribution >= 0.6 is 0 Å². The van der Waals surface area contributed by atoms with Gasteiger partial charge in [0.15, 0.2) is 11.5 Å². The fourth-order valence-electron chi connectivity index (χ4n) is 2.32. The summed E-state index contributed by atoms with van der Waals surface area (Å²) in [5.74, 6) is 1.25. The summed E-state index contributed by atoms with van der Waals surface area (Å²) in [5.41, 5.74) is 3.19. The molecule has 3 aromatic rings. The zero-order chi connectivity index (χ0) is 15.5. The quantitative estimate of drug-likeness (QED) is 0.738. The van der Waals surface area contributed by atoms with Gasteiger partial charge in [0, 0.05) is 12.1 Å². The molecule has 0 saturated carbocycles. The molecule has 22 heavy (non-hydrogen) atoms. The van der Waals surface area contributed by atoms with Crippen LogP contribution in [0.4, 0.5) is 0 Å². The van der Waals surface area contributed by atoms with E-state index in [-0.39, 0.29) is 0 Å². The minimum absolute atomic E-state index is 0.529. The number of nitrogens with zero attached hydrogens (tertiary/aromatic N) is 4. The molecular weight excluding hydrogens is 280 g/mol. The average molecular weight is 294 g/mol. The van der Waals surface area contributed by atoms with Gasteiger partial charge in [-0.05, 0) is 17.7 Å². The van der Waals surface area contributed by atoms with Gasteiger partial charge in [0.25, 0.3) is 0 Å². The van der Waals surface area contributed by atoms with Gasteiger partial charge < -0.3 is 9.47 Å². The van der Waals surface area contributed by atoms with Gasteiger partial charge in [0.05, 0.1) is 37.9 Å². The Balaban J connectivity index is 2.02. The van der Waals surface area contributed by atoms with Crippen molar-refractivity contribution in [2.75, 3.05) is 14.2 Å². The zero-order valence-corrected chi connectivity index (χ0v) is 12.3. The summed E-state index contributed by atoms with van der Waals surface area (Å²) in [5, 5.41) is 17.3. The van der Waals surface area contributed by atoms with Crippen LogP contribution in [0.3, 0.4) is 0 Å². The van der Waals surface area contributed by atoms with Crippen molar-refractivity contribution in [2.24, 2.45) is 0 Å². The zero-order valence-electron chi connectivity index (χ0n) is 12.3. The summed E-state index contributed by atoms with van der Waals surface area (Å²) in [4.78, 5) is 0. The Morgan fingerprint density at radius 2 is 1.91 bits per heavy atom. The molecule has 0 amide bonds. The lowest BCUT2D eigenvalue weighted by Gasteiger charge is -2.08. The Morgan fingerprint density at radius 1 is 1.14 bits per heavy atom. The van der Waals surface area contributed by atoms with Crippen molar-refractivity contribution in [3.05, 3.63) is 47.5 Å². The summed E-state index contributed by atoms with van der Waals surface area (Å²) in [6.45, 7) is 0.529. The van der Waals surface area contributed by atoms with E-state index in [1.807, 2.05) is 24.3 Å². The number of aromatic nitrogens is 3. The second-order valence-corrected chi connectivity index (χ2v) is 4.76. The monoisotopic (exact) mass is 294 g/mol. The molecular formula is C16H14N4O2. The first-order chi connectivity index (χ1) is 10.7. The lowest BCUT2D eigenvalue weighted by atomic mass is 10.1. The van der Waals surface area contributed by atoms with Gasteiger partial charge in [-0.3, -0.25) is 0 Å². The van der Waals surface area contributed by atoms with Crippen molar-refractivity contribution in [1.82, 2.24) is 15.0 Å². The largest absolute Gasteiger partial charge is 0.493 e. The van der Waals surface area contributed by atoms with Crippen molar-refractivity contribution >= 4 is 11.0 Å². The maximum absolute atomic E-state index is 8.97. The fourth-order valence-corrected chi connectivity index (χ4v) is 2.32. The Kier molecular flexibility index (Phi) is 3.62. The smallest absolute Gasteiger partial charge is 0.163 e. The topological polar surface area (TPSA) is 73.0 Å². The third-order valence-electron chi connectivity index (χ3n) is 3.41. The number of hydrogen-bond acceptors (Lipinski definition) is 5. The highest BCUT2D eigenvalue weighted by Gasteiger charge is 2.12. The first-order valence-electron chi connectivity index (χ1n) is 6.69. The van der Waals surface area contributed by atoms with Gasteiger partial charge in [-0.1, -0.05) is 17.3 Å². The van der Waals surface area contributed by atoms with Crippen molar-refractivity contribution in [2.45, 2.75) is 6.54 Å². The van der Waals surface area contributed by atoms with Crippen LogP contribution in [0.15, 0.2) is 36.4 Å². The molecule has 1 aromatic heterocycles. The van der Waals surface area contributed by atoms with E-state index in [1.54, 1.807) is 31.0 Å². The highest BCUT2D eigenvalue weighted by Crippen LogP contribution is 2.31. The summed E-state index contributed by atoms with van der Waals surface area (Å²) in [7, 11) is 3.18. The van der Waals surface area contributed by atoms with Crippen LogP contribution in [0, 0.1) is 11.3 Å². The highest BCUT2D eigenvalue weighted by atomic mass is 16.5. The number of nitriles is 1. The summed E-state index contributed by atoms with van der Waals surface area (Å²) in [6.07, 6.45) is 0. The van der Waals surface area contributed by atoms with Gasteiger partial charge in [-0.25, -0.2) is 4.68 Å². The number of ether oxygens (including phenoxy) is 2. The number of fused-ring (bicyclic) bond motifs is 1. The lowest BCUT2D eigenvalue weighted by Crippen LogP contribution is -2.02. The van der Waals surface area contributed by atoms with Gasteiger partial charge in [0.1, 0.15) is 5.52 Å². The minimum atomic E-state index is 0.529. The second-order valence-electron chi connectivity index (χ2n) is 4.76. The van der Waals surface area contributed by atoms with E-state index in [0.29, 0.717) is 23.6 Å². The van der Waals surface area contributed by atoms with Crippen LogP contribution in [-0.4, -0.2) is 29.2 Å². The van der Waals surface area contributed by atoms with E-state index in [1.165, 1.54) is 0 Å². The molecule has 6 heteroatoms. The third kappa shape index (κ3) is 2.44. The van der Waals surface area contributed by atoms with Crippen molar-refractivity contribution in [1.29, 1.82) is 5.26 Å². The van der Waals surface area contributed by atoms with Crippen molar-refractivity contribution in [3.63, 3.8) is 0 Å². The molecule has 0 unspecified atom stereocenters. The van der Waals surface area contributed by atoms with Crippen LogP contribution in [0.1, 0.15) is 11.1 Å². The van der Waals surface area contributed by atoms with Crippen LogP contribution < -0.4 is 9.47 Å². The van der Waals surface area contributed by atoms with Crippen LogP contribution in [0.2, 0.25) is 0 Å². The molecule has 0 saturated heterocycles. The lowest BCUT2D eigenvalue weighted by molar-refractivity contribution is 0.355. The number of benzene rings is 2. The Hall–Kier alpha value is -3.07. The molecule has 0 aliphatic heterocycles. The van der Waals surface area contributed by atoms with Crippen molar-refractivity contribution < 1.29 is 9.47 Å². The molecule has 0 bridgehead atoms. The van der Waals surface area contributed by atoms with E-state index in [0.717, 1.165) is 16.6 Å². The molecule has 0 aliphatic rings. The number of hydrogen-bond donors (Lipinski definition) is 0. The second kappa shape index (κ2) is 5.74. The van der Waals surface area contributed by atoms with Crippen LogP contribution in [0.25, 0.3) is 11.0 Å². The normalized spacial score (nSPS) is 10.4. The summed E-state index contributed by atoms with van der Waals surface area (Å²) >= 11 is 0. The Morgan fingerprint density at radius 3 is 2.64 bits per heavy atom. The molecule has 2 aromatic carbocycles. The van der Waals surface area contributed by atoms with Crippen molar-refractivity contribution in [3.8, 4) is 17.6 Å². The Labute approximate surface area is 127 Å². The molecule has 1 heterocycles. The number of methoxy groups -OCH3 is 2. The first-order valence-corrected chi connectivity index (χ1v) is 6.69.